The van der Waals surface area contributed by atoms with Crippen LogP contribution >= 0.6 is 0 Å². The molecule has 0 radical (unpaired) electrons. The summed E-state index contributed by atoms with van der Waals surface area (Å²) in [6.45, 7) is 0. The Balaban J connectivity index is 1.76. The quantitative estimate of drug-likeness (QED) is 0.434. The number of benzene rings is 3. The third-order valence-electron chi connectivity index (χ3n) is 4.05. The number of ketones is 1. The van der Waals surface area contributed by atoms with Crippen molar-refractivity contribution in [1.82, 2.24) is 0 Å². The minimum atomic E-state index is -0.675. The Morgan fingerprint density at radius 3 is 2.64 bits per heavy atom. The standard InChI is InChI=1S/C19H11NO5/c21-16-9-11(5-8-15(16)20(23)24)10-17-18(22)14-7-6-12-3-1-2-4-13(12)19(14)25-17/h1-10,21H/b17-10-. The van der Waals surface area contributed by atoms with Crippen LogP contribution in [0.3, 0.4) is 0 Å². The normalized spacial score (nSPS) is 14.6. The number of nitro benzene ring substituents is 1. The minimum Gasteiger partial charge on any atom is -0.502 e. The van der Waals surface area contributed by atoms with Gasteiger partial charge in [0.25, 0.3) is 0 Å². The van der Waals surface area contributed by atoms with Crippen molar-refractivity contribution in [2.24, 2.45) is 0 Å². The van der Waals surface area contributed by atoms with Crippen molar-refractivity contribution in [2.45, 2.75) is 0 Å². The van der Waals surface area contributed by atoms with Gasteiger partial charge in [-0.2, -0.15) is 0 Å². The van der Waals surface area contributed by atoms with Gasteiger partial charge in [0.05, 0.1) is 10.5 Å². The van der Waals surface area contributed by atoms with Crippen molar-refractivity contribution in [3.8, 4) is 11.5 Å². The van der Waals surface area contributed by atoms with Crippen LogP contribution in [0.2, 0.25) is 0 Å². The molecule has 0 saturated heterocycles. The van der Waals surface area contributed by atoms with Crippen LogP contribution in [0.25, 0.3) is 16.8 Å². The summed E-state index contributed by atoms with van der Waals surface area (Å²) in [5, 5.41) is 22.3. The van der Waals surface area contributed by atoms with Crippen LogP contribution < -0.4 is 4.74 Å². The lowest BCUT2D eigenvalue weighted by Crippen LogP contribution is -1.98. The molecule has 0 bridgehead atoms. The fourth-order valence-electron chi connectivity index (χ4n) is 2.85. The highest BCUT2D eigenvalue weighted by Crippen LogP contribution is 2.38. The fraction of sp³-hybridized carbons (Fsp3) is 0. The number of fused-ring (bicyclic) bond motifs is 3. The molecule has 6 heteroatoms. The number of phenolic OH excluding ortho intramolecular Hbond substituents is 1. The summed E-state index contributed by atoms with van der Waals surface area (Å²) in [6, 6.07) is 15.0. The van der Waals surface area contributed by atoms with Crippen LogP contribution in [0.5, 0.6) is 11.5 Å². The zero-order valence-corrected chi connectivity index (χ0v) is 12.8. The third kappa shape index (κ3) is 2.40. The average Bonchev–Trinajstić information content (AvgIpc) is 2.91. The molecule has 4 rings (SSSR count). The van der Waals surface area contributed by atoms with E-state index in [0.29, 0.717) is 16.9 Å². The monoisotopic (exact) mass is 333 g/mol. The van der Waals surface area contributed by atoms with Gasteiger partial charge in [0.2, 0.25) is 5.78 Å². The van der Waals surface area contributed by atoms with Gasteiger partial charge in [-0.05, 0) is 35.2 Å². The number of allylic oxidation sites excluding steroid dienone is 1. The zero-order chi connectivity index (χ0) is 17.6. The highest BCUT2D eigenvalue weighted by atomic mass is 16.6. The molecule has 25 heavy (non-hydrogen) atoms. The molecule has 6 nitrogen and oxygen atoms in total. The van der Waals surface area contributed by atoms with Crippen LogP contribution in [0.4, 0.5) is 5.69 Å². The van der Waals surface area contributed by atoms with E-state index in [1.807, 2.05) is 30.3 Å². The maximum absolute atomic E-state index is 12.5. The highest BCUT2D eigenvalue weighted by molar-refractivity contribution is 6.17. The van der Waals surface area contributed by atoms with Crippen LogP contribution in [0.15, 0.2) is 60.4 Å². The Morgan fingerprint density at radius 1 is 1.08 bits per heavy atom. The molecule has 0 amide bonds. The van der Waals surface area contributed by atoms with Gasteiger partial charge < -0.3 is 9.84 Å². The first kappa shape index (κ1) is 14.9. The molecule has 1 N–H and O–H groups in total. The van der Waals surface area contributed by atoms with Crippen LogP contribution in [0.1, 0.15) is 15.9 Å². The highest BCUT2D eigenvalue weighted by Gasteiger charge is 2.29. The Labute approximate surface area is 141 Å². The molecule has 0 atom stereocenters. The van der Waals surface area contributed by atoms with E-state index in [4.69, 9.17) is 4.74 Å². The SMILES string of the molecule is O=C1/C(=C/c2ccc([N+](=O)[O-])c(O)c2)Oc2c1ccc1ccccc21. The summed E-state index contributed by atoms with van der Waals surface area (Å²) in [7, 11) is 0. The number of hydrogen-bond donors (Lipinski definition) is 1. The van der Waals surface area contributed by atoms with Crippen molar-refractivity contribution < 1.29 is 19.6 Å². The molecule has 0 saturated carbocycles. The fourth-order valence-corrected chi connectivity index (χ4v) is 2.85. The molecule has 0 spiro atoms. The summed E-state index contributed by atoms with van der Waals surface area (Å²) in [6.07, 6.45) is 1.46. The number of carbonyl (C=O) groups is 1. The summed E-state index contributed by atoms with van der Waals surface area (Å²) in [5.41, 5.74) is 0.509. The summed E-state index contributed by atoms with van der Waals surface area (Å²) >= 11 is 0. The van der Waals surface area contributed by atoms with Crippen LogP contribution in [-0.4, -0.2) is 15.8 Å². The van der Waals surface area contributed by atoms with Gasteiger partial charge in [0.1, 0.15) is 5.75 Å². The average molecular weight is 333 g/mol. The molecule has 0 aliphatic carbocycles. The number of ether oxygens (including phenoxy) is 1. The molecule has 0 fully saturated rings. The van der Waals surface area contributed by atoms with E-state index < -0.39 is 16.4 Å². The molecule has 3 aromatic carbocycles. The van der Waals surface area contributed by atoms with Crippen molar-refractivity contribution in [3.63, 3.8) is 0 Å². The Hall–Kier alpha value is -3.67. The lowest BCUT2D eigenvalue weighted by molar-refractivity contribution is -0.385. The van der Waals surface area contributed by atoms with Gasteiger partial charge in [0.15, 0.2) is 11.5 Å². The smallest absolute Gasteiger partial charge is 0.310 e. The van der Waals surface area contributed by atoms with E-state index in [0.717, 1.165) is 10.8 Å². The molecule has 0 unspecified atom stereocenters. The molecule has 1 aliphatic heterocycles. The predicted molar refractivity (Wildman–Crippen MR) is 91.6 cm³/mol. The first-order chi connectivity index (χ1) is 12.0. The molecule has 122 valence electrons. The van der Waals surface area contributed by atoms with Crippen LogP contribution in [0, 0.1) is 10.1 Å². The lowest BCUT2D eigenvalue weighted by Gasteiger charge is -2.03. The number of hydrogen-bond acceptors (Lipinski definition) is 5. The maximum Gasteiger partial charge on any atom is 0.310 e. The Bertz CT molecular complexity index is 1080. The van der Waals surface area contributed by atoms with E-state index in [1.54, 1.807) is 6.07 Å². The Kier molecular flexibility index (Phi) is 3.25. The van der Waals surface area contributed by atoms with Crippen molar-refractivity contribution in [3.05, 3.63) is 81.6 Å². The first-order valence-corrected chi connectivity index (χ1v) is 7.48. The topological polar surface area (TPSA) is 89.7 Å². The number of rotatable bonds is 2. The van der Waals surface area contributed by atoms with E-state index in [1.165, 1.54) is 24.3 Å². The van der Waals surface area contributed by atoms with Gasteiger partial charge in [0, 0.05) is 11.5 Å². The lowest BCUT2D eigenvalue weighted by atomic mass is 10.0. The van der Waals surface area contributed by atoms with E-state index >= 15 is 0 Å². The molecule has 1 heterocycles. The second-order valence-electron chi connectivity index (χ2n) is 5.61. The van der Waals surface area contributed by atoms with E-state index in [-0.39, 0.29) is 11.5 Å². The number of nitrogens with zero attached hydrogens (tertiary/aromatic N) is 1. The van der Waals surface area contributed by atoms with Crippen molar-refractivity contribution in [2.75, 3.05) is 0 Å². The third-order valence-corrected chi connectivity index (χ3v) is 4.05. The molecular formula is C19H11NO5. The van der Waals surface area contributed by atoms with Crippen molar-refractivity contribution >= 4 is 28.3 Å². The second kappa shape index (κ2) is 5.45. The summed E-state index contributed by atoms with van der Waals surface area (Å²) < 4.78 is 5.75. The summed E-state index contributed by atoms with van der Waals surface area (Å²) in [5.74, 6) is -0.119. The predicted octanol–water partition coefficient (Wildman–Crippen LogP) is 4.07. The van der Waals surface area contributed by atoms with Crippen molar-refractivity contribution in [1.29, 1.82) is 0 Å². The minimum absolute atomic E-state index is 0.111. The number of Topliss-reactive ketones (excluding diaryl/α,β-unsaturated/α-hetero) is 1. The molecular weight excluding hydrogens is 322 g/mol. The zero-order valence-electron chi connectivity index (χ0n) is 12.8. The number of aromatic hydroxyl groups is 1. The number of phenols is 1. The summed E-state index contributed by atoms with van der Waals surface area (Å²) in [4.78, 5) is 22.6. The first-order valence-electron chi connectivity index (χ1n) is 7.48. The van der Waals surface area contributed by atoms with Gasteiger partial charge >= 0.3 is 5.69 Å². The maximum atomic E-state index is 12.5. The van der Waals surface area contributed by atoms with Gasteiger partial charge in [-0.15, -0.1) is 0 Å². The number of nitro groups is 1. The van der Waals surface area contributed by atoms with Gasteiger partial charge in [-0.1, -0.05) is 30.3 Å². The molecule has 3 aromatic rings. The van der Waals surface area contributed by atoms with E-state index in [9.17, 15) is 20.0 Å². The Morgan fingerprint density at radius 2 is 1.88 bits per heavy atom. The largest absolute Gasteiger partial charge is 0.502 e. The van der Waals surface area contributed by atoms with Gasteiger partial charge in [-0.25, -0.2) is 0 Å². The molecule has 1 aliphatic rings. The van der Waals surface area contributed by atoms with Gasteiger partial charge in [-0.3, -0.25) is 14.9 Å². The molecule has 0 aromatic heterocycles. The second-order valence-corrected chi connectivity index (χ2v) is 5.61. The van der Waals surface area contributed by atoms with E-state index in [2.05, 4.69) is 0 Å². The van der Waals surface area contributed by atoms with Crippen LogP contribution in [-0.2, 0) is 0 Å². The number of carbonyl (C=O) groups excluding carboxylic acids is 1.